The average molecular weight is 268 g/mol. The molecule has 0 amide bonds. The molecule has 0 aliphatic rings. The zero-order valence-corrected chi connectivity index (χ0v) is 10.9. The summed E-state index contributed by atoms with van der Waals surface area (Å²) in [5.74, 6) is -0.390. The summed E-state index contributed by atoms with van der Waals surface area (Å²) in [6, 6.07) is 4.77. The van der Waals surface area contributed by atoms with Crippen LogP contribution in [-0.2, 0) is 13.1 Å². The van der Waals surface area contributed by atoms with Crippen molar-refractivity contribution in [2.75, 3.05) is 6.54 Å². The van der Waals surface area contributed by atoms with E-state index in [1.165, 1.54) is 6.07 Å². The van der Waals surface area contributed by atoms with Gasteiger partial charge in [0.2, 0.25) is 0 Å². The van der Waals surface area contributed by atoms with E-state index in [1.807, 2.05) is 10.8 Å². The SMILES string of the molecule is CCNCc1cncn1Cc1ccc(F)c(Cl)c1. The van der Waals surface area contributed by atoms with Crippen molar-refractivity contribution in [3.8, 4) is 0 Å². The van der Waals surface area contributed by atoms with Crippen molar-refractivity contribution in [1.29, 1.82) is 0 Å². The first-order valence-electron chi connectivity index (χ1n) is 5.84. The van der Waals surface area contributed by atoms with Crippen LogP contribution in [0.25, 0.3) is 0 Å². The number of nitrogens with zero attached hydrogens (tertiary/aromatic N) is 2. The minimum absolute atomic E-state index is 0.154. The third-order valence-electron chi connectivity index (χ3n) is 2.69. The van der Waals surface area contributed by atoms with Crippen LogP contribution in [0.2, 0.25) is 5.02 Å². The molecule has 1 aromatic carbocycles. The van der Waals surface area contributed by atoms with Gasteiger partial charge in [0.25, 0.3) is 0 Å². The normalized spacial score (nSPS) is 10.8. The zero-order chi connectivity index (χ0) is 13.0. The van der Waals surface area contributed by atoms with Crippen LogP contribution in [0.4, 0.5) is 4.39 Å². The lowest BCUT2D eigenvalue weighted by molar-refractivity contribution is 0.625. The predicted octanol–water partition coefficient (Wildman–Crippen LogP) is 2.83. The van der Waals surface area contributed by atoms with E-state index in [0.29, 0.717) is 6.54 Å². The lowest BCUT2D eigenvalue weighted by Gasteiger charge is -2.09. The lowest BCUT2D eigenvalue weighted by atomic mass is 10.2. The Morgan fingerprint density at radius 3 is 3.00 bits per heavy atom. The van der Waals surface area contributed by atoms with Crippen LogP contribution in [0, 0.1) is 5.82 Å². The van der Waals surface area contributed by atoms with Crippen LogP contribution in [-0.4, -0.2) is 16.1 Å². The Labute approximate surface area is 111 Å². The van der Waals surface area contributed by atoms with Gasteiger partial charge in [0.1, 0.15) is 5.82 Å². The Kier molecular flexibility index (Phi) is 4.33. The maximum atomic E-state index is 13.1. The molecule has 1 aromatic heterocycles. The van der Waals surface area contributed by atoms with Crippen LogP contribution >= 0.6 is 11.6 Å². The van der Waals surface area contributed by atoms with Crippen molar-refractivity contribution < 1.29 is 4.39 Å². The molecule has 18 heavy (non-hydrogen) atoms. The molecule has 0 radical (unpaired) electrons. The molecule has 3 nitrogen and oxygen atoms in total. The van der Waals surface area contributed by atoms with E-state index in [1.54, 1.807) is 18.5 Å². The first kappa shape index (κ1) is 13.1. The van der Waals surface area contributed by atoms with Crippen molar-refractivity contribution in [2.24, 2.45) is 0 Å². The first-order chi connectivity index (χ1) is 8.70. The fourth-order valence-electron chi connectivity index (χ4n) is 1.73. The summed E-state index contributed by atoms with van der Waals surface area (Å²) < 4.78 is 15.1. The molecule has 0 bridgehead atoms. The van der Waals surface area contributed by atoms with Gasteiger partial charge in [0.05, 0.1) is 17.0 Å². The van der Waals surface area contributed by atoms with Crippen LogP contribution in [0.3, 0.4) is 0 Å². The predicted molar refractivity (Wildman–Crippen MR) is 70.1 cm³/mol. The zero-order valence-electron chi connectivity index (χ0n) is 10.2. The number of hydrogen-bond donors (Lipinski definition) is 1. The van der Waals surface area contributed by atoms with E-state index in [0.717, 1.165) is 24.3 Å². The number of hydrogen-bond acceptors (Lipinski definition) is 2. The summed E-state index contributed by atoms with van der Waals surface area (Å²) in [5, 5.41) is 3.40. The molecule has 1 N–H and O–H groups in total. The molecule has 1 heterocycles. The second kappa shape index (κ2) is 5.98. The number of benzene rings is 1. The van der Waals surface area contributed by atoms with Gasteiger partial charge in [-0.15, -0.1) is 0 Å². The van der Waals surface area contributed by atoms with Crippen molar-refractivity contribution in [2.45, 2.75) is 20.0 Å². The molecule has 2 aromatic rings. The highest BCUT2D eigenvalue weighted by Crippen LogP contribution is 2.17. The van der Waals surface area contributed by atoms with E-state index in [2.05, 4.69) is 17.2 Å². The number of aromatic nitrogens is 2. The molecule has 0 aliphatic carbocycles. The monoisotopic (exact) mass is 267 g/mol. The van der Waals surface area contributed by atoms with Gasteiger partial charge < -0.3 is 9.88 Å². The van der Waals surface area contributed by atoms with Crippen LogP contribution in [0.15, 0.2) is 30.7 Å². The Morgan fingerprint density at radius 1 is 1.44 bits per heavy atom. The van der Waals surface area contributed by atoms with E-state index in [9.17, 15) is 4.39 Å². The standard InChI is InChI=1S/C13H15ClFN3/c1-2-16-6-11-7-17-9-18(11)8-10-3-4-13(15)12(14)5-10/h3-5,7,9,16H,2,6,8H2,1H3. The van der Waals surface area contributed by atoms with E-state index < -0.39 is 0 Å². The fourth-order valence-corrected chi connectivity index (χ4v) is 1.93. The average Bonchev–Trinajstić information content (AvgIpc) is 2.79. The Bertz CT molecular complexity index is 525. The molecule has 2 rings (SSSR count). The van der Waals surface area contributed by atoms with E-state index in [4.69, 9.17) is 11.6 Å². The van der Waals surface area contributed by atoms with Gasteiger partial charge in [-0.1, -0.05) is 24.6 Å². The number of halogens is 2. The molecule has 0 atom stereocenters. The minimum atomic E-state index is -0.390. The van der Waals surface area contributed by atoms with Gasteiger partial charge in [-0.2, -0.15) is 0 Å². The maximum Gasteiger partial charge on any atom is 0.141 e. The second-order valence-electron chi connectivity index (χ2n) is 4.04. The topological polar surface area (TPSA) is 29.9 Å². The summed E-state index contributed by atoms with van der Waals surface area (Å²) in [4.78, 5) is 4.13. The molecular weight excluding hydrogens is 253 g/mol. The van der Waals surface area contributed by atoms with Gasteiger partial charge >= 0.3 is 0 Å². The molecule has 5 heteroatoms. The Morgan fingerprint density at radius 2 is 2.28 bits per heavy atom. The molecule has 0 saturated carbocycles. The number of rotatable bonds is 5. The van der Waals surface area contributed by atoms with Crippen molar-refractivity contribution in [1.82, 2.24) is 14.9 Å². The lowest BCUT2D eigenvalue weighted by Crippen LogP contribution is -2.15. The van der Waals surface area contributed by atoms with Crippen LogP contribution in [0.5, 0.6) is 0 Å². The molecule has 0 spiro atoms. The second-order valence-corrected chi connectivity index (χ2v) is 4.45. The van der Waals surface area contributed by atoms with Crippen LogP contribution < -0.4 is 5.32 Å². The highest BCUT2D eigenvalue weighted by Gasteiger charge is 2.05. The largest absolute Gasteiger partial charge is 0.329 e. The first-order valence-corrected chi connectivity index (χ1v) is 6.22. The molecule has 96 valence electrons. The summed E-state index contributed by atoms with van der Waals surface area (Å²) >= 11 is 5.77. The fraction of sp³-hybridized carbons (Fsp3) is 0.308. The minimum Gasteiger partial charge on any atom is -0.329 e. The van der Waals surface area contributed by atoms with Crippen LogP contribution in [0.1, 0.15) is 18.2 Å². The van der Waals surface area contributed by atoms with Gasteiger partial charge in [0, 0.05) is 19.3 Å². The third-order valence-corrected chi connectivity index (χ3v) is 2.98. The summed E-state index contributed by atoms with van der Waals surface area (Å²) in [5.41, 5.74) is 2.05. The molecule has 0 fully saturated rings. The van der Waals surface area contributed by atoms with Gasteiger partial charge in [-0.25, -0.2) is 9.37 Å². The molecule has 0 unspecified atom stereocenters. The highest BCUT2D eigenvalue weighted by molar-refractivity contribution is 6.30. The van der Waals surface area contributed by atoms with Gasteiger partial charge in [0.15, 0.2) is 0 Å². The van der Waals surface area contributed by atoms with E-state index >= 15 is 0 Å². The van der Waals surface area contributed by atoms with Crippen molar-refractivity contribution in [3.05, 3.63) is 52.8 Å². The van der Waals surface area contributed by atoms with E-state index in [-0.39, 0.29) is 10.8 Å². The van der Waals surface area contributed by atoms with Crippen molar-refractivity contribution in [3.63, 3.8) is 0 Å². The Hall–Kier alpha value is -1.39. The Balaban J connectivity index is 2.13. The highest BCUT2D eigenvalue weighted by atomic mass is 35.5. The number of imidazole rings is 1. The molecule has 0 saturated heterocycles. The van der Waals surface area contributed by atoms with Gasteiger partial charge in [-0.05, 0) is 24.2 Å². The quantitative estimate of drug-likeness (QED) is 0.903. The molecule has 0 aliphatic heterocycles. The van der Waals surface area contributed by atoms with Gasteiger partial charge in [-0.3, -0.25) is 0 Å². The third kappa shape index (κ3) is 3.09. The summed E-state index contributed by atoms with van der Waals surface area (Å²) in [7, 11) is 0. The van der Waals surface area contributed by atoms with Crippen molar-refractivity contribution >= 4 is 11.6 Å². The number of nitrogens with one attached hydrogen (secondary N) is 1. The summed E-state index contributed by atoms with van der Waals surface area (Å²) in [6.07, 6.45) is 3.59. The molecular formula is C13H15ClFN3. The summed E-state index contributed by atoms with van der Waals surface area (Å²) in [6.45, 7) is 4.38. The maximum absolute atomic E-state index is 13.1. The smallest absolute Gasteiger partial charge is 0.141 e.